The number of carbonyl (C=O) groups is 2. The van der Waals surface area contributed by atoms with Gasteiger partial charge in [-0.25, -0.2) is 4.79 Å². The minimum Gasteiger partial charge on any atom is -0.494 e. The first-order chi connectivity index (χ1) is 19.4. The molecule has 0 aliphatic carbocycles. The van der Waals surface area contributed by atoms with E-state index in [2.05, 4.69) is 21.8 Å². The molecule has 2 rings (SSSR count). The van der Waals surface area contributed by atoms with Gasteiger partial charge in [-0.15, -0.1) is 10.2 Å². The number of nitriles is 2. The summed E-state index contributed by atoms with van der Waals surface area (Å²) in [5.41, 5.74) is -0.948. The van der Waals surface area contributed by atoms with Crippen LogP contribution in [0.15, 0.2) is 34.5 Å². The number of amides is 1. The minimum atomic E-state index is -5.21. The van der Waals surface area contributed by atoms with Crippen molar-refractivity contribution in [3.05, 3.63) is 35.7 Å². The normalized spacial score (nSPS) is 11.9. The summed E-state index contributed by atoms with van der Waals surface area (Å²) in [6.07, 6.45) is -5.21. The Morgan fingerprint density at radius 2 is 1.90 bits per heavy atom. The van der Waals surface area contributed by atoms with Crippen molar-refractivity contribution >= 4 is 34.9 Å². The first kappa shape index (κ1) is 32.3. The number of azo groups is 1. The van der Waals surface area contributed by atoms with Crippen molar-refractivity contribution in [2.75, 3.05) is 43.6 Å². The largest absolute Gasteiger partial charge is 0.494 e. The molecule has 13 nitrogen and oxygen atoms in total. The smallest absolute Gasteiger partial charge is 0.471 e. The maximum absolute atomic E-state index is 13.1. The third kappa shape index (κ3) is 7.58. The van der Waals surface area contributed by atoms with Gasteiger partial charge in [0.25, 0.3) is 5.95 Å². The number of halogens is 3. The van der Waals surface area contributed by atoms with Crippen molar-refractivity contribution in [3.8, 4) is 17.9 Å². The number of ether oxygens (including phenoxy) is 2. The number of hydrogen-bond acceptors (Lipinski definition) is 11. The molecule has 0 spiro atoms. The number of nitrogens with zero attached hydrogens (tertiary/aromatic N) is 7. The highest BCUT2D eigenvalue weighted by Crippen LogP contribution is 2.40. The number of hydrogen-bond donors (Lipinski definition) is 2. The summed E-state index contributed by atoms with van der Waals surface area (Å²) in [6.45, 7) is 8.24. The van der Waals surface area contributed by atoms with Gasteiger partial charge in [-0.05, 0) is 26.8 Å². The molecule has 1 aromatic heterocycles. The lowest BCUT2D eigenvalue weighted by Gasteiger charge is -2.24. The first-order valence-electron chi connectivity index (χ1n) is 12.0. The van der Waals surface area contributed by atoms with E-state index in [1.54, 1.807) is 22.4 Å². The molecule has 1 unspecified atom stereocenters. The number of alkyl halides is 3. The highest BCUT2D eigenvalue weighted by atomic mass is 19.4. The molecule has 41 heavy (non-hydrogen) atoms. The summed E-state index contributed by atoms with van der Waals surface area (Å²) in [4.78, 5) is 29.4. The Balaban J connectivity index is 2.71. The van der Waals surface area contributed by atoms with Crippen LogP contribution in [0.3, 0.4) is 0 Å². The molecule has 218 valence electrons. The number of benzene rings is 1. The van der Waals surface area contributed by atoms with E-state index in [0.717, 1.165) is 4.57 Å². The van der Waals surface area contributed by atoms with Gasteiger partial charge in [0, 0.05) is 24.7 Å². The lowest BCUT2D eigenvalue weighted by molar-refractivity contribution is -0.167. The minimum absolute atomic E-state index is 0.0704. The molecule has 1 heterocycles. The zero-order valence-electron chi connectivity index (χ0n) is 22.6. The zero-order chi connectivity index (χ0) is 30.9. The van der Waals surface area contributed by atoms with E-state index in [0.29, 0.717) is 18.8 Å². The van der Waals surface area contributed by atoms with Crippen LogP contribution in [0.4, 0.5) is 36.2 Å². The second-order valence-electron chi connectivity index (χ2n) is 8.28. The van der Waals surface area contributed by atoms with Crippen molar-refractivity contribution in [1.29, 1.82) is 10.5 Å². The summed E-state index contributed by atoms with van der Waals surface area (Å²) in [7, 11) is 1.33. The third-order valence-corrected chi connectivity index (χ3v) is 5.59. The standard InChI is InChI=1S/C25H27F3N8O5/c1-6-35(7-2)19-8-16(31-23(39)25(26,27)28)17(9-21(19)40-5)33-34-24-32-18(10-29)20(11-30)36(24)15(12-37)13-41-22(38)14(3)4/h8-9,15,37H,3,6-7,12-13H2,1-2,4-5H3,(H,31,39)/b34-33+. The van der Waals surface area contributed by atoms with E-state index < -0.39 is 49.0 Å². The van der Waals surface area contributed by atoms with Crippen molar-refractivity contribution < 1.29 is 37.3 Å². The molecule has 1 aromatic carbocycles. The topological polar surface area (TPSA) is 178 Å². The monoisotopic (exact) mass is 576 g/mol. The summed E-state index contributed by atoms with van der Waals surface area (Å²) in [5, 5.41) is 38.7. The molecule has 0 fully saturated rings. The quantitative estimate of drug-likeness (QED) is 0.214. The number of rotatable bonds is 12. The Labute approximate surface area is 233 Å². The van der Waals surface area contributed by atoms with Crippen LogP contribution in [0.25, 0.3) is 0 Å². The summed E-state index contributed by atoms with van der Waals surface area (Å²) >= 11 is 0. The Morgan fingerprint density at radius 3 is 2.39 bits per heavy atom. The van der Waals surface area contributed by atoms with E-state index in [1.807, 2.05) is 13.8 Å². The van der Waals surface area contributed by atoms with E-state index in [9.17, 15) is 38.4 Å². The average molecular weight is 577 g/mol. The maximum Gasteiger partial charge on any atom is 0.471 e. The number of carbonyl (C=O) groups excluding carboxylic acids is 2. The SMILES string of the molecule is C=C(C)C(=O)OCC(CO)n1c(/N=N/c2cc(OC)c(N(CC)CC)cc2NC(=O)C(F)(F)F)nc(C#N)c1C#N. The lowest BCUT2D eigenvalue weighted by Crippen LogP contribution is -2.30. The van der Waals surface area contributed by atoms with Crippen LogP contribution >= 0.6 is 0 Å². The molecule has 0 bridgehead atoms. The highest BCUT2D eigenvalue weighted by molar-refractivity contribution is 5.98. The number of methoxy groups -OCH3 is 1. The molecule has 2 N–H and O–H groups in total. The molecular weight excluding hydrogens is 549 g/mol. The van der Waals surface area contributed by atoms with Crippen LogP contribution in [0.2, 0.25) is 0 Å². The molecule has 0 saturated heterocycles. The highest BCUT2D eigenvalue weighted by Gasteiger charge is 2.39. The van der Waals surface area contributed by atoms with Crippen molar-refractivity contribution in [3.63, 3.8) is 0 Å². The molecule has 1 atom stereocenters. The number of anilines is 2. The lowest BCUT2D eigenvalue weighted by atomic mass is 10.2. The van der Waals surface area contributed by atoms with Gasteiger partial charge in [0.05, 0.1) is 31.1 Å². The van der Waals surface area contributed by atoms with Gasteiger partial charge in [0.15, 0.2) is 11.4 Å². The van der Waals surface area contributed by atoms with Crippen molar-refractivity contribution in [2.45, 2.75) is 33.0 Å². The number of nitrogens with one attached hydrogen (secondary N) is 1. The Bertz CT molecular complexity index is 1420. The van der Waals surface area contributed by atoms with Crippen LogP contribution in [0, 0.1) is 22.7 Å². The number of aliphatic hydroxyl groups excluding tert-OH is 1. The molecule has 1 amide bonds. The predicted molar refractivity (Wildman–Crippen MR) is 139 cm³/mol. The average Bonchev–Trinajstić information content (AvgIpc) is 3.30. The van der Waals surface area contributed by atoms with Gasteiger partial charge in [-0.3, -0.25) is 9.36 Å². The number of aliphatic hydroxyl groups is 1. The molecule has 2 aromatic rings. The van der Waals surface area contributed by atoms with Crippen molar-refractivity contribution in [1.82, 2.24) is 9.55 Å². The molecule has 0 radical (unpaired) electrons. The number of imidazole rings is 1. The molecular formula is C25H27F3N8O5. The Hall–Kier alpha value is -4.96. The zero-order valence-corrected chi connectivity index (χ0v) is 22.6. The van der Waals surface area contributed by atoms with Crippen LogP contribution in [0.5, 0.6) is 5.75 Å². The molecule has 0 aliphatic rings. The van der Waals surface area contributed by atoms with E-state index in [-0.39, 0.29) is 28.4 Å². The van der Waals surface area contributed by atoms with Gasteiger partial charge < -0.3 is 24.8 Å². The van der Waals surface area contributed by atoms with E-state index in [4.69, 9.17) is 9.47 Å². The van der Waals surface area contributed by atoms with Gasteiger partial charge in [0.2, 0.25) is 0 Å². The predicted octanol–water partition coefficient (Wildman–Crippen LogP) is 4.05. The molecule has 16 heteroatoms. The fraction of sp³-hybridized carbons (Fsp3) is 0.400. The van der Waals surface area contributed by atoms with E-state index in [1.165, 1.54) is 26.2 Å². The summed E-state index contributed by atoms with van der Waals surface area (Å²) in [6, 6.07) is 4.80. The van der Waals surface area contributed by atoms with Crippen LogP contribution in [-0.2, 0) is 14.3 Å². The molecule has 0 saturated carbocycles. The summed E-state index contributed by atoms with van der Waals surface area (Å²) in [5.74, 6) is -3.25. The number of esters is 1. The summed E-state index contributed by atoms with van der Waals surface area (Å²) < 4.78 is 50.8. The maximum atomic E-state index is 13.1. The van der Waals surface area contributed by atoms with E-state index >= 15 is 0 Å². The molecule has 0 aliphatic heterocycles. The van der Waals surface area contributed by atoms with Crippen LogP contribution < -0.4 is 15.0 Å². The number of aromatic nitrogens is 2. The second kappa shape index (κ2) is 13.9. The Kier molecular flexibility index (Phi) is 10.9. The first-order valence-corrected chi connectivity index (χ1v) is 12.0. The Morgan fingerprint density at radius 1 is 1.24 bits per heavy atom. The fourth-order valence-corrected chi connectivity index (χ4v) is 3.53. The van der Waals surface area contributed by atoms with Gasteiger partial charge in [-0.2, -0.15) is 28.7 Å². The third-order valence-electron chi connectivity index (χ3n) is 5.59. The fourth-order valence-electron chi connectivity index (χ4n) is 3.53. The van der Waals surface area contributed by atoms with Crippen LogP contribution in [-0.4, -0.2) is 66.1 Å². The second-order valence-corrected chi connectivity index (χ2v) is 8.28. The van der Waals surface area contributed by atoms with Gasteiger partial charge in [0.1, 0.15) is 30.2 Å². The van der Waals surface area contributed by atoms with Gasteiger partial charge in [-0.1, -0.05) is 6.58 Å². The van der Waals surface area contributed by atoms with Gasteiger partial charge >= 0.3 is 18.1 Å². The van der Waals surface area contributed by atoms with Crippen LogP contribution in [0.1, 0.15) is 38.2 Å². The van der Waals surface area contributed by atoms with Crippen molar-refractivity contribution in [2.24, 2.45) is 10.2 Å².